The zero-order valence-corrected chi connectivity index (χ0v) is 15.0. The van der Waals surface area contributed by atoms with Crippen molar-refractivity contribution in [2.45, 2.75) is 38.8 Å². The molecule has 3 aromatic rings. The minimum absolute atomic E-state index is 0.000903. The lowest BCUT2D eigenvalue weighted by atomic mass is 10.0. The molecular formula is C22H23N3O. The van der Waals surface area contributed by atoms with Crippen LogP contribution in [0.5, 0.6) is 0 Å². The first-order chi connectivity index (χ1) is 12.7. The molecule has 4 nitrogen and oxygen atoms in total. The van der Waals surface area contributed by atoms with Gasteiger partial charge < -0.3 is 9.88 Å². The number of hydrogen-bond donors (Lipinski definition) is 1. The third-order valence-electron chi connectivity index (χ3n) is 5.11. The van der Waals surface area contributed by atoms with Gasteiger partial charge in [-0.05, 0) is 60.6 Å². The highest BCUT2D eigenvalue weighted by Crippen LogP contribution is 2.25. The molecule has 0 radical (unpaired) electrons. The molecule has 132 valence electrons. The van der Waals surface area contributed by atoms with Gasteiger partial charge in [-0.15, -0.1) is 0 Å². The summed E-state index contributed by atoms with van der Waals surface area (Å²) in [6.45, 7) is 2.80. The number of fused-ring (bicyclic) bond motifs is 1. The molecule has 1 aromatic heterocycles. The van der Waals surface area contributed by atoms with Crippen LogP contribution in [-0.2, 0) is 19.4 Å². The Balaban J connectivity index is 1.41. The predicted molar refractivity (Wildman–Crippen MR) is 102 cm³/mol. The molecule has 0 aliphatic heterocycles. The van der Waals surface area contributed by atoms with Crippen LogP contribution < -0.4 is 5.32 Å². The third kappa shape index (κ3) is 3.54. The van der Waals surface area contributed by atoms with Gasteiger partial charge in [0.25, 0.3) is 5.91 Å². The van der Waals surface area contributed by atoms with Crippen LogP contribution in [-0.4, -0.2) is 15.5 Å². The monoisotopic (exact) mass is 345 g/mol. The SMILES string of the molecule is C[C@H](NC(=O)c1ccc(Cn2ccnc2)cc1)c1ccc2c(c1)CCC2. The maximum absolute atomic E-state index is 12.6. The topological polar surface area (TPSA) is 46.9 Å². The molecule has 0 spiro atoms. The van der Waals surface area contributed by atoms with Crippen LogP contribution in [0.25, 0.3) is 0 Å². The summed E-state index contributed by atoms with van der Waals surface area (Å²) in [7, 11) is 0. The van der Waals surface area contributed by atoms with Crippen molar-refractivity contribution in [2.75, 3.05) is 0 Å². The fourth-order valence-electron chi connectivity index (χ4n) is 3.58. The average Bonchev–Trinajstić information content (AvgIpc) is 3.33. The van der Waals surface area contributed by atoms with Crippen LogP contribution in [0.2, 0.25) is 0 Å². The zero-order valence-electron chi connectivity index (χ0n) is 15.0. The number of hydrogen-bond acceptors (Lipinski definition) is 2. The number of benzene rings is 2. The number of nitrogens with one attached hydrogen (secondary N) is 1. The largest absolute Gasteiger partial charge is 0.346 e. The van der Waals surface area contributed by atoms with Crippen molar-refractivity contribution in [3.63, 3.8) is 0 Å². The minimum atomic E-state index is -0.0350. The lowest BCUT2D eigenvalue weighted by molar-refractivity contribution is 0.0940. The molecule has 4 rings (SSSR count). The Labute approximate surface area is 153 Å². The molecule has 1 N–H and O–H groups in total. The highest BCUT2D eigenvalue weighted by atomic mass is 16.1. The molecule has 1 aliphatic rings. The maximum Gasteiger partial charge on any atom is 0.251 e. The Morgan fingerprint density at radius 2 is 1.96 bits per heavy atom. The van der Waals surface area contributed by atoms with E-state index in [0.717, 1.165) is 18.5 Å². The van der Waals surface area contributed by atoms with E-state index >= 15 is 0 Å². The van der Waals surface area contributed by atoms with Crippen molar-refractivity contribution in [1.29, 1.82) is 0 Å². The van der Waals surface area contributed by atoms with E-state index in [-0.39, 0.29) is 11.9 Å². The molecule has 1 amide bonds. The van der Waals surface area contributed by atoms with Gasteiger partial charge in [0.1, 0.15) is 0 Å². The van der Waals surface area contributed by atoms with Crippen molar-refractivity contribution in [2.24, 2.45) is 0 Å². The molecule has 26 heavy (non-hydrogen) atoms. The van der Waals surface area contributed by atoms with Crippen molar-refractivity contribution in [3.8, 4) is 0 Å². The second-order valence-corrected chi connectivity index (χ2v) is 7.01. The van der Waals surface area contributed by atoms with E-state index in [1.54, 1.807) is 12.5 Å². The van der Waals surface area contributed by atoms with Gasteiger partial charge in [0.15, 0.2) is 0 Å². The number of aromatic nitrogens is 2. The number of carbonyl (C=O) groups is 1. The van der Waals surface area contributed by atoms with Crippen molar-refractivity contribution >= 4 is 5.91 Å². The fourth-order valence-corrected chi connectivity index (χ4v) is 3.58. The molecule has 2 aromatic carbocycles. The zero-order chi connectivity index (χ0) is 17.9. The minimum Gasteiger partial charge on any atom is -0.346 e. The van der Waals surface area contributed by atoms with Crippen LogP contribution in [0.1, 0.15) is 52.0 Å². The summed E-state index contributed by atoms with van der Waals surface area (Å²) in [5.41, 5.74) is 5.91. The summed E-state index contributed by atoms with van der Waals surface area (Å²) in [4.78, 5) is 16.6. The van der Waals surface area contributed by atoms with Crippen molar-refractivity contribution < 1.29 is 4.79 Å². The van der Waals surface area contributed by atoms with Gasteiger partial charge in [0.05, 0.1) is 12.4 Å². The van der Waals surface area contributed by atoms with Crippen LogP contribution in [0, 0.1) is 0 Å². The lowest BCUT2D eigenvalue weighted by Gasteiger charge is -2.16. The van der Waals surface area contributed by atoms with Crippen LogP contribution in [0.4, 0.5) is 0 Å². The first-order valence-corrected chi connectivity index (χ1v) is 9.16. The molecule has 1 atom stereocenters. The molecule has 4 heteroatoms. The highest BCUT2D eigenvalue weighted by Gasteiger charge is 2.15. The van der Waals surface area contributed by atoms with Crippen molar-refractivity contribution in [1.82, 2.24) is 14.9 Å². The Hall–Kier alpha value is -2.88. The standard InChI is InChI=1S/C22H23N3O/c1-16(20-10-9-18-3-2-4-21(18)13-20)24-22(26)19-7-5-17(6-8-19)14-25-12-11-23-15-25/h5-13,15-16H,2-4,14H2,1H3,(H,24,26)/t16-/m0/s1. The summed E-state index contributed by atoms with van der Waals surface area (Å²) in [6.07, 6.45) is 9.06. The van der Waals surface area contributed by atoms with E-state index in [2.05, 4.69) is 28.5 Å². The smallest absolute Gasteiger partial charge is 0.251 e. The van der Waals surface area contributed by atoms with Crippen molar-refractivity contribution in [3.05, 3.63) is 89.0 Å². The van der Waals surface area contributed by atoms with Crippen LogP contribution >= 0.6 is 0 Å². The van der Waals surface area contributed by atoms with E-state index in [4.69, 9.17) is 0 Å². The maximum atomic E-state index is 12.6. The van der Waals surface area contributed by atoms with Gasteiger partial charge in [-0.25, -0.2) is 4.98 Å². The molecular weight excluding hydrogens is 322 g/mol. The molecule has 0 saturated heterocycles. The number of aryl methyl sites for hydroxylation is 2. The average molecular weight is 345 g/mol. The first-order valence-electron chi connectivity index (χ1n) is 9.16. The number of rotatable bonds is 5. The van der Waals surface area contributed by atoms with Gasteiger partial charge in [-0.1, -0.05) is 30.3 Å². The van der Waals surface area contributed by atoms with E-state index < -0.39 is 0 Å². The Morgan fingerprint density at radius 3 is 2.73 bits per heavy atom. The highest BCUT2D eigenvalue weighted by molar-refractivity contribution is 5.94. The molecule has 0 bridgehead atoms. The first kappa shape index (κ1) is 16.6. The van der Waals surface area contributed by atoms with E-state index in [1.165, 1.54) is 29.5 Å². The van der Waals surface area contributed by atoms with Gasteiger partial charge in [-0.2, -0.15) is 0 Å². The summed E-state index contributed by atoms with van der Waals surface area (Å²) in [5, 5.41) is 3.11. The van der Waals surface area contributed by atoms with E-state index in [9.17, 15) is 4.79 Å². The lowest BCUT2D eigenvalue weighted by Crippen LogP contribution is -2.26. The number of imidazole rings is 1. The van der Waals surface area contributed by atoms with E-state index in [0.29, 0.717) is 5.56 Å². The molecule has 0 fully saturated rings. The Morgan fingerprint density at radius 1 is 1.15 bits per heavy atom. The number of amides is 1. The summed E-state index contributed by atoms with van der Waals surface area (Å²) in [5.74, 6) is -0.0350. The van der Waals surface area contributed by atoms with Gasteiger partial charge >= 0.3 is 0 Å². The Kier molecular flexibility index (Phi) is 4.57. The molecule has 1 aliphatic carbocycles. The van der Waals surface area contributed by atoms with E-state index in [1.807, 2.05) is 42.0 Å². The Bertz CT molecular complexity index is 898. The normalized spacial score (nSPS) is 14.0. The molecule has 1 heterocycles. The van der Waals surface area contributed by atoms with Crippen LogP contribution in [0.3, 0.4) is 0 Å². The molecule has 0 unspecified atom stereocenters. The number of nitrogens with zero attached hydrogens (tertiary/aromatic N) is 2. The second-order valence-electron chi connectivity index (χ2n) is 7.01. The van der Waals surface area contributed by atoms with Gasteiger partial charge in [0.2, 0.25) is 0 Å². The fraction of sp³-hybridized carbons (Fsp3) is 0.273. The summed E-state index contributed by atoms with van der Waals surface area (Å²) in [6, 6.07) is 14.4. The number of carbonyl (C=O) groups excluding carboxylic acids is 1. The van der Waals surface area contributed by atoms with Gasteiger partial charge in [-0.3, -0.25) is 4.79 Å². The molecule has 0 saturated carbocycles. The quantitative estimate of drug-likeness (QED) is 0.762. The van der Waals surface area contributed by atoms with Gasteiger partial charge in [0, 0.05) is 24.5 Å². The third-order valence-corrected chi connectivity index (χ3v) is 5.11. The van der Waals surface area contributed by atoms with Crippen LogP contribution in [0.15, 0.2) is 61.2 Å². The second kappa shape index (κ2) is 7.16. The summed E-state index contributed by atoms with van der Waals surface area (Å²) < 4.78 is 2.00. The summed E-state index contributed by atoms with van der Waals surface area (Å²) >= 11 is 0. The predicted octanol–water partition coefficient (Wildman–Crippen LogP) is 3.91.